The quantitative estimate of drug-likeness (QED) is 0.577. The molecule has 0 radical (unpaired) electrons. The van der Waals surface area contributed by atoms with Crippen LogP contribution in [0.3, 0.4) is 0 Å². The van der Waals surface area contributed by atoms with Crippen LogP contribution >= 0.6 is 46.4 Å². The van der Waals surface area contributed by atoms with Gasteiger partial charge in [-0.05, 0) is 67.7 Å². The molecular weight excluding hydrogens is 424 g/mol. The molecule has 0 saturated carbocycles. The number of aliphatic imine (C=N–C) groups is 1. The fourth-order valence-electron chi connectivity index (χ4n) is 3.89. The van der Waals surface area contributed by atoms with Gasteiger partial charge in [-0.2, -0.15) is 0 Å². The molecule has 3 nitrogen and oxygen atoms in total. The van der Waals surface area contributed by atoms with Crippen LogP contribution in [0.1, 0.15) is 24.0 Å². The van der Waals surface area contributed by atoms with Crippen LogP contribution in [-0.2, 0) is 13.0 Å². The number of rotatable bonds is 2. The molecule has 2 aromatic rings. The summed E-state index contributed by atoms with van der Waals surface area (Å²) in [5, 5.41) is 9.24. The number of amidine groups is 1. The summed E-state index contributed by atoms with van der Waals surface area (Å²) in [6, 6.07) is 9.51. The van der Waals surface area contributed by atoms with Crippen LogP contribution < -0.4 is 10.6 Å². The second kappa shape index (κ2) is 7.81. The number of hydrogen-bond acceptors (Lipinski definition) is 2. The van der Waals surface area contributed by atoms with Crippen molar-refractivity contribution in [3.63, 3.8) is 0 Å². The van der Waals surface area contributed by atoms with Gasteiger partial charge in [-0.25, -0.2) is 0 Å². The van der Waals surface area contributed by atoms with E-state index < -0.39 is 0 Å². The Morgan fingerprint density at radius 3 is 2.33 bits per heavy atom. The molecule has 2 aromatic carbocycles. The van der Waals surface area contributed by atoms with Crippen molar-refractivity contribution in [2.75, 3.05) is 18.4 Å². The van der Waals surface area contributed by atoms with E-state index in [1.807, 2.05) is 30.3 Å². The van der Waals surface area contributed by atoms with Crippen LogP contribution in [-0.4, -0.2) is 18.9 Å². The molecule has 27 heavy (non-hydrogen) atoms. The predicted molar refractivity (Wildman–Crippen MR) is 116 cm³/mol. The van der Waals surface area contributed by atoms with Gasteiger partial charge in [0.05, 0.1) is 26.6 Å². The van der Waals surface area contributed by atoms with Gasteiger partial charge < -0.3 is 10.6 Å². The van der Waals surface area contributed by atoms with Crippen LogP contribution in [0.4, 0.5) is 5.69 Å². The average Bonchev–Trinajstić information content (AvgIpc) is 2.65. The lowest BCUT2D eigenvalue weighted by atomic mass is 9.71. The van der Waals surface area contributed by atoms with Crippen LogP contribution in [0.15, 0.2) is 35.3 Å². The van der Waals surface area contributed by atoms with Crippen molar-refractivity contribution in [2.45, 2.75) is 25.8 Å². The fourth-order valence-corrected chi connectivity index (χ4v) is 4.56. The van der Waals surface area contributed by atoms with Gasteiger partial charge in [0.2, 0.25) is 0 Å². The highest BCUT2D eigenvalue weighted by atomic mass is 35.5. The summed E-state index contributed by atoms with van der Waals surface area (Å²) < 4.78 is 0. The molecule has 4 rings (SSSR count). The summed E-state index contributed by atoms with van der Waals surface area (Å²) in [6.45, 7) is 2.50. The molecule has 0 unspecified atom stereocenters. The zero-order valence-electron chi connectivity index (χ0n) is 14.6. The first-order chi connectivity index (χ1) is 13.0. The third-order valence-corrected chi connectivity index (χ3v) is 6.86. The Kier molecular flexibility index (Phi) is 5.59. The van der Waals surface area contributed by atoms with E-state index in [1.165, 1.54) is 5.56 Å². The van der Waals surface area contributed by atoms with Gasteiger partial charge in [-0.3, -0.25) is 4.99 Å². The summed E-state index contributed by atoms with van der Waals surface area (Å²) in [7, 11) is 0. The summed E-state index contributed by atoms with van der Waals surface area (Å²) in [5.41, 5.74) is 3.20. The molecule has 7 heteroatoms. The summed E-state index contributed by atoms with van der Waals surface area (Å²) in [6.07, 6.45) is 2.97. The molecule has 2 aliphatic rings. The molecule has 142 valence electrons. The van der Waals surface area contributed by atoms with Crippen molar-refractivity contribution in [3.8, 4) is 0 Å². The van der Waals surface area contributed by atoms with Gasteiger partial charge in [-0.1, -0.05) is 52.5 Å². The molecule has 1 fully saturated rings. The summed E-state index contributed by atoms with van der Waals surface area (Å²) in [5.74, 6) is 1.01. The van der Waals surface area contributed by atoms with Gasteiger partial charge in [0.1, 0.15) is 5.84 Å². The molecule has 1 spiro atoms. The Hall–Kier alpha value is -0.970. The monoisotopic (exact) mass is 441 g/mol. The minimum atomic E-state index is -0.00831. The maximum absolute atomic E-state index is 6.25. The average molecular weight is 443 g/mol. The molecule has 0 aliphatic carbocycles. The summed E-state index contributed by atoms with van der Waals surface area (Å²) in [4.78, 5) is 4.95. The Morgan fingerprint density at radius 1 is 0.889 bits per heavy atom. The smallest absolute Gasteiger partial charge is 0.108 e. The van der Waals surface area contributed by atoms with E-state index in [1.54, 1.807) is 0 Å². The standard InChI is InChI=1S/C20H19Cl4N3/c21-14-2-1-12(7-15(14)22)11-26-19-20(3-5-25-6-4-20)10-13-8-16(23)17(24)9-18(13)27-19/h1-2,7-9,25H,3-6,10-11H2,(H,26,27). The summed E-state index contributed by atoms with van der Waals surface area (Å²) >= 11 is 24.6. The molecule has 1 saturated heterocycles. The maximum Gasteiger partial charge on any atom is 0.108 e. The normalized spacial score (nSPS) is 19.8. The number of nitrogens with zero attached hydrogens (tertiary/aromatic N) is 1. The molecular formula is C20H19Cl4N3. The Balaban J connectivity index is 1.69. The lowest BCUT2D eigenvalue weighted by Gasteiger charge is -2.43. The largest absolute Gasteiger partial charge is 0.343 e. The number of fused-ring (bicyclic) bond motifs is 1. The van der Waals surface area contributed by atoms with Gasteiger partial charge >= 0.3 is 0 Å². The number of benzene rings is 2. The molecule has 0 bridgehead atoms. The van der Waals surface area contributed by atoms with E-state index in [9.17, 15) is 0 Å². The van der Waals surface area contributed by atoms with Gasteiger partial charge in [0, 0.05) is 11.1 Å². The molecule has 0 amide bonds. The number of nitrogens with one attached hydrogen (secondary N) is 2. The third kappa shape index (κ3) is 3.94. The first-order valence-corrected chi connectivity index (χ1v) is 10.4. The first kappa shape index (κ1) is 19.4. The Labute approximate surface area is 179 Å². The minimum absolute atomic E-state index is 0.00831. The van der Waals surface area contributed by atoms with Crippen molar-refractivity contribution in [1.29, 1.82) is 0 Å². The van der Waals surface area contributed by atoms with E-state index in [2.05, 4.69) is 10.6 Å². The lowest BCUT2D eigenvalue weighted by Crippen LogP contribution is -2.48. The van der Waals surface area contributed by atoms with Crippen LogP contribution in [0.2, 0.25) is 20.1 Å². The SMILES string of the molecule is Clc1ccc(CN=C2Nc3cc(Cl)c(Cl)cc3CC23CCNCC3)cc1Cl. The number of anilines is 1. The Bertz CT molecular complexity index is 904. The van der Waals surface area contributed by atoms with E-state index in [-0.39, 0.29) is 5.41 Å². The number of piperidine rings is 1. The van der Waals surface area contributed by atoms with Crippen molar-refractivity contribution >= 4 is 57.9 Å². The zero-order valence-corrected chi connectivity index (χ0v) is 17.6. The van der Waals surface area contributed by atoms with E-state index in [0.29, 0.717) is 26.6 Å². The van der Waals surface area contributed by atoms with Crippen LogP contribution in [0.25, 0.3) is 0 Å². The molecule has 0 aromatic heterocycles. The minimum Gasteiger partial charge on any atom is -0.343 e. The predicted octanol–water partition coefficient (Wildman–Crippen LogP) is 6.24. The molecule has 2 heterocycles. The highest BCUT2D eigenvalue weighted by Crippen LogP contribution is 2.43. The van der Waals surface area contributed by atoms with Crippen molar-refractivity contribution in [3.05, 3.63) is 61.5 Å². The molecule has 2 N–H and O–H groups in total. The van der Waals surface area contributed by atoms with Gasteiger partial charge in [0.25, 0.3) is 0 Å². The van der Waals surface area contributed by atoms with Crippen LogP contribution in [0, 0.1) is 5.41 Å². The topological polar surface area (TPSA) is 36.4 Å². The fraction of sp³-hybridized carbons (Fsp3) is 0.350. The second-order valence-electron chi connectivity index (χ2n) is 7.17. The third-order valence-electron chi connectivity index (χ3n) is 5.39. The van der Waals surface area contributed by atoms with Crippen molar-refractivity contribution < 1.29 is 0 Å². The highest BCUT2D eigenvalue weighted by molar-refractivity contribution is 6.42. The van der Waals surface area contributed by atoms with E-state index >= 15 is 0 Å². The zero-order chi connectivity index (χ0) is 19.0. The maximum atomic E-state index is 6.25. The van der Waals surface area contributed by atoms with Gasteiger partial charge in [0.15, 0.2) is 0 Å². The molecule has 2 aliphatic heterocycles. The lowest BCUT2D eigenvalue weighted by molar-refractivity contribution is 0.293. The number of halogens is 4. The highest BCUT2D eigenvalue weighted by Gasteiger charge is 2.41. The first-order valence-electron chi connectivity index (χ1n) is 8.91. The van der Waals surface area contributed by atoms with E-state index in [4.69, 9.17) is 51.4 Å². The number of hydrogen-bond donors (Lipinski definition) is 2. The van der Waals surface area contributed by atoms with Gasteiger partial charge in [-0.15, -0.1) is 0 Å². The van der Waals surface area contributed by atoms with Crippen molar-refractivity contribution in [1.82, 2.24) is 5.32 Å². The second-order valence-corrected chi connectivity index (χ2v) is 8.80. The van der Waals surface area contributed by atoms with Crippen molar-refractivity contribution in [2.24, 2.45) is 10.4 Å². The van der Waals surface area contributed by atoms with Crippen LogP contribution in [0.5, 0.6) is 0 Å². The molecule has 0 atom stereocenters. The van der Waals surface area contributed by atoms with E-state index in [0.717, 1.165) is 49.4 Å². The Morgan fingerprint density at radius 2 is 1.59 bits per heavy atom.